The van der Waals surface area contributed by atoms with E-state index in [9.17, 15) is 31.2 Å². The lowest BCUT2D eigenvalue weighted by Crippen LogP contribution is -2.50. The first-order valence-corrected chi connectivity index (χ1v) is 9.77. The molecule has 0 unspecified atom stereocenters. The van der Waals surface area contributed by atoms with Crippen molar-refractivity contribution in [1.29, 1.82) is 0 Å². The standard InChI is InChI=1S/C19H18F3NO5S/c1-18(2,23-17(26)19(20,21)22)11-12-6-8-14(9-7-12)29(27,28)15-5-3-4-13(10-15)16(24)25/h3-10H,11H2,1-2H3,(H,23,26)(H,24,25). The number of aromatic carboxylic acids is 1. The molecule has 1 amide bonds. The summed E-state index contributed by atoms with van der Waals surface area (Å²) in [5, 5.41) is 10.9. The second-order valence-corrected chi connectivity index (χ2v) is 8.94. The third-order valence-electron chi connectivity index (χ3n) is 3.98. The number of sulfone groups is 1. The molecule has 2 N–H and O–H groups in total. The molecular formula is C19H18F3NO5S. The quantitative estimate of drug-likeness (QED) is 0.735. The molecule has 0 spiro atoms. The number of halogens is 3. The highest BCUT2D eigenvalue weighted by atomic mass is 32.2. The van der Waals surface area contributed by atoms with Crippen LogP contribution in [0.15, 0.2) is 58.3 Å². The predicted octanol–water partition coefficient (Wildman–Crippen LogP) is 3.22. The molecule has 0 aromatic heterocycles. The monoisotopic (exact) mass is 429 g/mol. The van der Waals surface area contributed by atoms with E-state index in [1.54, 1.807) is 0 Å². The van der Waals surface area contributed by atoms with E-state index in [0.717, 1.165) is 6.07 Å². The molecule has 0 aliphatic rings. The minimum absolute atomic E-state index is 0.0314. The third kappa shape index (κ3) is 5.57. The zero-order chi connectivity index (χ0) is 22.0. The molecule has 0 saturated heterocycles. The van der Waals surface area contributed by atoms with Crippen molar-refractivity contribution in [3.05, 3.63) is 59.7 Å². The Morgan fingerprint density at radius 2 is 1.59 bits per heavy atom. The molecular weight excluding hydrogens is 411 g/mol. The number of alkyl halides is 3. The molecule has 2 rings (SSSR count). The summed E-state index contributed by atoms with van der Waals surface area (Å²) in [6.45, 7) is 2.83. The average molecular weight is 429 g/mol. The van der Waals surface area contributed by atoms with E-state index in [1.165, 1.54) is 56.3 Å². The van der Waals surface area contributed by atoms with E-state index in [-0.39, 0.29) is 21.8 Å². The van der Waals surface area contributed by atoms with Crippen LogP contribution in [0.25, 0.3) is 0 Å². The summed E-state index contributed by atoms with van der Waals surface area (Å²) in [7, 11) is -3.98. The number of carboxylic acids is 1. The van der Waals surface area contributed by atoms with Gasteiger partial charge in [0.2, 0.25) is 9.84 Å². The summed E-state index contributed by atoms with van der Waals surface area (Å²) in [4.78, 5) is 21.9. The summed E-state index contributed by atoms with van der Waals surface area (Å²) < 4.78 is 62.7. The molecule has 0 aliphatic carbocycles. The topological polar surface area (TPSA) is 101 Å². The summed E-state index contributed by atoms with van der Waals surface area (Å²) >= 11 is 0. The zero-order valence-corrected chi connectivity index (χ0v) is 16.3. The first-order valence-electron chi connectivity index (χ1n) is 8.29. The van der Waals surface area contributed by atoms with E-state index < -0.39 is 33.4 Å². The molecule has 0 atom stereocenters. The minimum atomic E-state index is -5.00. The molecule has 29 heavy (non-hydrogen) atoms. The average Bonchev–Trinajstić information content (AvgIpc) is 2.60. The number of amides is 1. The van der Waals surface area contributed by atoms with Gasteiger partial charge >= 0.3 is 18.1 Å². The highest BCUT2D eigenvalue weighted by molar-refractivity contribution is 7.91. The van der Waals surface area contributed by atoms with E-state index in [1.807, 2.05) is 5.32 Å². The van der Waals surface area contributed by atoms with Gasteiger partial charge in [-0.05, 0) is 56.2 Å². The lowest BCUT2D eigenvalue weighted by atomic mass is 9.95. The number of nitrogens with one attached hydrogen (secondary N) is 1. The van der Waals surface area contributed by atoms with Crippen LogP contribution in [0.2, 0.25) is 0 Å². The molecule has 6 nitrogen and oxygen atoms in total. The Morgan fingerprint density at radius 1 is 1.00 bits per heavy atom. The molecule has 0 radical (unpaired) electrons. The van der Waals surface area contributed by atoms with Gasteiger partial charge in [-0.1, -0.05) is 18.2 Å². The Kier molecular flexibility index (Phi) is 6.07. The molecule has 2 aromatic carbocycles. The number of rotatable bonds is 6. The van der Waals surface area contributed by atoms with Gasteiger partial charge < -0.3 is 10.4 Å². The fraction of sp³-hybridized carbons (Fsp3) is 0.263. The highest BCUT2D eigenvalue weighted by Crippen LogP contribution is 2.24. The molecule has 156 valence electrons. The van der Waals surface area contributed by atoms with Gasteiger partial charge in [0.15, 0.2) is 0 Å². The number of carbonyl (C=O) groups is 2. The maximum Gasteiger partial charge on any atom is 0.471 e. The fourth-order valence-corrected chi connectivity index (χ4v) is 3.96. The predicted molar refractivity (Wildman–Crippen MR) is 97.3 cm³/mol. The Morgan fingerprint density at radius 3 is 2.10 bits per heavy atom. The third-order valence-corrected chi connectivity index (χ3v) is 5.75. The Labute approximate surface area is 165 Å². The summed E-state index contributed by atoms with van der Waals surface area (Å²) in [5.41, 5.74) is -0.886. The molecule has 0 bridgehead atoms. The fourth-order valence-electron chi connectivity index (χ4n) is 2.65. The van der Waals surface area contributed by atoms with E-state index >= 15 is 0 Å². The molecule has 2 aromatic rings. The lowest BCUT2D eigenvalue weighted by molar-refractivity contribution is -0.175. The first-order chi connectivity index (χ1) is 13.2. The van der Waals surface area contributed by atoms with Crippen molar-refractivity contribution in [2.45, 2.75) is 41.8 Å². The molecule has 0 fully saturated rings. The summed E-state index contributed by atoms with van der Waals surface area (Å²) in [5.74, 6) is -3.32. The van der Waals surface area contributed by atoms with Crippen LogP contribution in [0.4, 0.5) is 13.2 Å². The molecule has 0 saturated carbocycles. The van der Waals surface area contributed by atoms with Crippen LogP contribution in [0.5, 0.6) is 0 Å². The SMILES string of the molecule is CC(C)(Cc1ccc(S(=O)(=O)c2cccc(C(=O)O)c2)cc1)NC(=O)C(F)(F)F. The lowest BCUT2D eigenvalue weighted by Gasteiger charge is -2.27. The zero-order valence-electron chi connectivity index (χ0n) is 15.4. The molecule has 10 heteroatoms. The molecule has 0 aliphatic heterocycles. The molecule has 0 heterocycles. The first kappa shape index (κ1) is 22.4. The smallest absolute Gasteiger partial charge is 0.471 e. The second-order valence-electron chi connectivity index (χ2n) is 6.99. The van der Waals surface area contributed by atoms with E-state index in [4.69, 9.17) is 5.11 Å². The van der Waals surface area contributed by atoms with Crippen molar-refractivity contribution in [3.63, 3.8) is 0 Å². The van der Waals surface area contributed by atoms with Crippen molar-refractivity contribution in [2.75, 3.05) is 0 Å². The number of carboxylic acid groups (broad SMARTS) is 1. The van der Waals surface area contributed by atoms with Gasteiger partial charge in [-0.25, -0.2) is 13.2 Å². The highest BCUT2D eigenvalue weighted by Gasteiger charge is 2.41. The van der Waals surface area contributed by atoms with Gasteiger partial charge in [0.05, 0.1) is 15.4 Å². The van der Waals surface area contributed by atoms with Crippen molar-refractivity contribution in [2.24, 2.45) is 0 Å². The van der Waals surface area contributed by atoms with Crippen molar-refractivity contribution < 1.29 is 36.3 Å². The van der Waals surface area contributed by atoms with Crippen LogP contribution in [-0.2, 0) is 21.1 Å². The van der Waals surface area contributed by atoms with Crippen molar-refractivity contribution in [1.82, 2.24) is 5.32 Å². The maximum atomic E-state index is 12.7. The van der Waals surface area contributed by atoms with Crippen LogP contribution in [-0.4, -0.2) is 37.1 Å². The summed E-state index contributed by atoms with van der Waals surface area (Å²) in [6.07, 6.45) is -4.97. The Bertz CT molecular complexity index is 1030. The van der Waals surface area contributed by atoms with Gasteiger partial charge in [0.1, 0.15) is 0 Å². The van der Waals surface area contributed by atoms with Crippen molar-refractivity contribution in [3.8, 4) is 0 Å². The largest absolute Gasteiger partial charge is 0.478 e. The van der Waals surface area contributed by atoms with Crippen LogP contribution in [0.1, 0.15) is 29.8 Å². The number of benzene rings is 2. The van der Waals surface area contributed by atoms with E-state index in [2.05, 4.69) is 0 Å². The summed E-state index contributed by atoms with van der Waals surface area (Å²) in [6, 6.07) is 10.3. The van der Waals surface area contributed by atoms with Gasteiger partial charge in [-0.2, -0.15) is 13.2 Å². The van der Waals surface area contributed by atoms with Gasteiger partial charge in [0.25, 0.3) is 0 Å². The normalized spacial score (nSPS) is 12.4. The number of carbonyl (C=O) groups excluding carboxylic acids is 1. The van der Waals surface area contributed by atoms with Crippen LogP contribution >= 0.6 is 0 Å². The minimum Gasteiger partial charge on any atom is -0.478 e. The van der Waals surface area contributed by atoms with Crippen molar-refractivity contribution >= 4 is 21.7 Å². The van der Waals surface area contributed by atoms with Gasteiger partial charge in [-0.3, -0.25) is 4.79 Å². The van der Waals surface area contributed by atoms with Crippen LogP contribution < -0.4 is 5.32 Å². The number of hydrogen-bond donors (Lipinski definition) is 2. The van der Waals surface area contributed by atoms with Crippen LogP contribution in [0, 0.1) is 0 Å². The van der Waals surface area contributed by atoms with E-state index in [0.29, 0.717) is 5.56 Å². The number of hydrogen-bond acceptors (Lipinski definition) is 4. The Balaban J connectivity index is 2.22. The van der Waals surface area contributed by atoms with Gasteiger partial charge in [-0.15, -0.1) is 0 Å². The maximum absolute atomic E-state index is 12.7. The Hall–Kier alpha value is -2.88. The van der Waals surface area contributed by atoms with Crippen LogP contribution in [0.3, 0.4) is 0 Å². The second kappa shape index (κ2) is 7.86. The van der Waals surface area contributed by atoms with Gasteiger partial charge in [0, 0.05) is 5.54 Å².